The monoisotopic (exact) mass is 273 g/mol. The number of carboxylic acids is 2. The number of carboxylic acid groups (broad SMARTS) is 2. The van der Waals surface area contributed by atoms with E-state index in [-0.39, 0.29) is 19.4 Å². The molecule has 0 aromatic heterocycles. The Kier molecular flexibility index (Phi) is 7.59. The van der Waals surface area contributed by atoms with Crippen LogP contribution in [0.1, 0.15) is 12.8 Å². The third-order valence-corrected chi connectivity index (χ3v) is 1.91. The molecule has 19 heavy (non-hydrogen) atoms. The van der Waals surface area contributed by atoms with Gasteiger partial charge in [-0.15, -0.1) is 0 Å². The summed E-state index contributed by atoms with van der Waals surface area (Å²) in [6.45, 7) is 1.89. The molecule has 0 rings (SSSR count). The summed E-state index contributed by atoms with van der Waals surface area (Å²) in [4.78, 5) is 44.3. The summed E-state index contributed by atoms with van der Waals surface area (Å²) in [5.41, 5.74) is 0. The van der Waals surface area contributed by atoms with Crippen LogP contribution < -0.4 is 0 Å². The number of carbonyl (C=O) groups is 4. The maximum atomic E-state index is 11.6. The van der Waals surface area contributed by atoms with E-state index in [0.29, 0.717) is 4.90 Å². The minimum atomic E-state index is -1.33. The Labute approximate surface area is 109 Å². The Bertz CT molecular complexity index is 361. The first-order valence-electron chi connectivity index (χ1n) is 5.34. The molecule has 0 heterocycles. The molecule has 8 nitrogen and oxygen atoms in total. The second-order valence-corrected chi connectivity index (χ2v) is 3.51. The Morgan fingerprint density at radius 3 is 2.00 bits per heavy atom. The van der Waals surface area contributed by atoms with Crippen molar-refractivity contribution in [1.82, 2.24) is 4.90 Å². The predicted molar refractivity (Wildman–Crippen MR) is 62.2 cm³/mol. The summed E-state index contributed by atoms with van der Waals surface area (Å²) in [5, 5.41) is 17.1. The van der Waals surface area contributed by atoms with E-state index in [1.165, 1.54) is 6.08 Å². The van der Waals surface area contributed by atoms with E-state index in [2.05, 4.69) is 11.3 Å². The van der Waals surface area contributed by atoms with Gasteiger partial charge in [0, 0.05) is 6.42 Å². The van der Waals surface area contributed by atoms with Crippen molar-refractivity contribution in [2.75, 3.05) is 19.7 Å². The van der Waals surface area contributed by atoms with Gasteiger partial charge in [0.2, 0.25) is 5.91 Å². The SMILES string of the molecule is C=CCOC(=O)CCC(=O)N(CC(=O)O)CC(=O)O. The molecule has 0 aliphatic heterocycles. The van der Waals surface area contributed by atoms with E-state index >= 15 is 0 Å². The molecule has 0 fully saturated rings. The highest BCUT2D eigenvalue weighted by Crippen LogP contribution is 2.00. The standard InChI is InChI=1S/C11H15NO7/c1-2-5-19-11(18)4-3-8(13)12(6-9(14)15)7-10(16)17/h2H,1,3-7H2,(H,14,15)(H,16,17). The number of carbonyl (C=O) groups excluding carboxylic acids is 2. The summed E-state index contributed by atoms with van der Waals surface area (Å²) >= 11 is 0. The first-order chi connectivity index (χ1) is 8.86. The van der Waals surface area contributed by atoms with Gasteiger partial charge >= 0.3 is 17.9 Å². The molecule has 0 aromatic carbocycles. The largest absolute Gasteiger partial charge is 0.480 e. The van der Waals surface area contributed by atoms with E-state index in [9.17, 15) is 19.2 Å². The van der Waals surface area contributed by atoms with Crippen LogP contribution in [0.25, 0.3) is 0 Å². The number of hydrogen-bond acceptors (Lipinski definition) is 5. The van der Waals surface area contributed by atoms with Crippen LogP contribution in [0.2, 0.25) is 0 Å². The van der Waals surface area contributed by atoms with E-state index in [4.69, 9.17) is 10.2 Å². The fraction of sp³-hybridized carbons (Fsp3) is 0.455. The smallest absolute Gasteiger partial charge is 0.323 e. The van der Waals surface area contributed by atoms with Gasteiger partial charge in [-0.3, -0.25) is 19.2 Å². The fourth-order valence-corrected chi connectivity index (χ4v) is 1.15. The Balaban J connectivity index is 4.30. The molecular formula is C11H15NO7. The second-order valence-electron chi connectivity index (χ2n) is 3.51. The number of rotatable bonds is 9. The van der Waals surface area contributed by atoms with Crippen molar-refractivity contribution >= 4 is 23.8 Å². The van der Waals surface area contributed by atoms with E-state index in [0.717, 1.165) is 0 Å². The zero-order valence-corrected chi connectivity index (χ0v) is 10.2. The molecule has 0 saturated heterocycles. The maximum Gasteiger partial charge on any atom is 0.323 e. The minimum absolute atomic E-state index is 0.0149. The van der Waals surface area contributed by atoms with Gasteiger partial charge in [-0.25, -0.2) is 0 Å². The van der Waals surface area contributed by atoms with E-state index in [1.54, 1.807) is 0 Å². The molecule has 0 saturated carbocycles. The van der Waals surface area contributed by atoms with Crippen LogP contribution in [-0.4, -0.2) is 58.6 Å². The van der Waals surface area contributed by atoms with E-state index in [1.807, 2.05) is 0 Å². The predicted octanol–water partition coefficient (Wildman–Crippen LogP) is -0.506. The summed E-state index contributed by atoms with van der Waals surface area (Å²) < 4.78 is 4.62. The highest BCUT2D eigenvalue weighted by molar-refractivity contribution is 5.87. The van der Waals surface area contributed by atoms with Crippen LogP contribution in [0, 0.1) is 0 Å². The van der Waals surface area contributed by atoms with E-state index < -0.39 is 36.9 Å². The Morgan fingerprint density at radius 2 is 1.58 bits per heavy atom. The summed E-state index contributed by atoms with van der Waals surface area (Å²) in [6.07, 6.45) is 0.805. The Hall–Kier alpha value is -2.38. The molecule has 0 spiro atoms. The third kappa shape index (κ3) is 8.36. The van der Waals surface area contributed by atoms with Crippen molar-refractivity contribution < 1.29 is 34.1 Å². The average molecular weight is 273 g/mol. The lowest BCUT2D eigenvalue weighted by Gasteiger charge is -2.18. The molecule has 106 valence electrons. The number of amides is 1. The summed E-state index contributed by atoms with van der Waals surface area (Å²) in [5.74, 6) is -4.04. The second kappa shape index (κ2) is 8.67. The van der Waals surface area contributed by atoms with Crippen LogP contribution in [0.3, 0.4) is 0 Å². The van der Waals surface area contributed by atoms with Gasteiger partial charge in [0.1, 0.15) is 19.7 Å². The first-order valence-corrected chi connectivity index (χ1v) is 5.34. The minimum Gasteiger partial charge on any atom is -0.480 e. The van der Waals surface area contributed by atoms with Gasteiger partial charge < -0.3 is 19.8 Å². The molecular weight excluding hydrogens is 258 g/mol. The highest BCUT2D eigenvalue weighted by atomic mass is 16.5. The van der Waals surface area contributed by atoms with Crippen molar-refractivity contribution in [2.24, 2.45) is 0 Å². The average Bonchev–Trinajstić information content (AvgIpc) is 2.31. The number of nitrogens with zero attached hydrogens (tertiary/aromatic N) is 1. The van der Waals surface area contributed by atoms with Crippen molar-refractivity contribution in [3.8, 4) is 0 Å². The number of ether oxygens (including phenoxy) is 1. The lowest BCUT2D eigenvalue weighted by Crippen LogP contribution is -2.39. The van der Waals surface area contributed by atoms with Crippen LogP contribution >= 0.6 is 0 Å². The fourth-order valence-electron chi connectivity index (χ4n) is 1.15. The normalized spacial score (nSPS) is 9.47. The molecule has 0 aromatic rings. The highest BCUT2D eigenvalue weighted by Gasteiger charge is 2.20. The zero-order valence-electron chi connectivity index (χ0n) is 10.2. The molecule has 8 heteroatoms. The van der Waals surface area contributed by atoms with Gasteiger partial charge in [0.15, 0.2) is 0 Å². The quantitative estimate of drug-likeness (QED) is 0.428. The molecule has 0 radical (unpaired) electrons. The maximum absolute atomic E-state index is 11.6. The zero-order chi connectivity index (χ0) is 14.8. The Morgan fingerprint density at radius 1 is 1.05 bits per heavy atom. The molecule has 2 N–H and O–H groups in total. The van der Waals surface area contributed by atoms with Gasteiger partial charge in [-0.2, -0.15) is 0 Å². The van der Waals surface area contributed by atoms with Crippen molar-refractivity contribution in [3.63, 3.8) is 0 Å². The number of hydrogen-bond donors (Lipinski definition) is 2. The molecule has 0 atom stereocenters. The van der Waals surface area contributed by atoms with Gasteiger partial charge in [-0.05, 0) is 0 Å². The lowest BCUT2D eigenvalue weighted by molar-refractivity contribution is -0.150. The van der Waals surface area contributed by atoms with Crippen molar-refractivity contribution in [2.45, 2.75) is 12.8 Å². The molecule has 0 aliphatic rings. The summed E-state index contributed by atoms with van der Waals surface area (Å²) in [7, 11) is 0. The summed E-state index contributed by atoms with van der Waals surface area (Å²) in [6, 6.07) is 0. The molecule has 0 aliphatic carbocycles. The van der Waals surface area contributed by atoms with Crippen molar-refractivity contribution in [1.29, 1.82) is 0 Å². The number of aliphatic carboxylic acids is 2. The number of esters is 1. The molecule has 0 bridgehead atoms. The van der Waals surface area contributed by atoms with Crippen LogP contribution in [0.5, 0.6) is 0 Å². The molecule has 0 unspecified atom stereocenters. The van der Waals surface area contributed by atoms with Crippen molar-refractivity contribution in [3.05, 3.63) is 12.7 Å². The topological polar surface area (TPSA) is 121 Å². The first kappa shape index (κ1) is 16.6. The van der Waals surface area contributed by atoms with Crippen LogP contribution in [0.4, 0.5) is 0 Å². The lowest BCUT2D eigenvalue weighted by atomic mass is 10.2. The molecule has 1 amide bonds. The van der Waals surface area contributed by atoms with Crippen LogP contribution in [0.15, 0.2) is 12.7 Å². The van der Waals surface area contributed by atoms with Crippen LogP contribution in [-0.2, 0) is 23.9 Å². The van der Waals surface area contributed by atoms with Gasteiger partial charge in [-0.1, -0.05) is 12.7 Å². The van der Waals surface area contributed by atoms with Gasteiger partial charge in [0.25, 0.3) is 0 Å². The third-order valence-electron chi connectivity index (χ3n) is 1.91. The van der Waals surface area contributed by atoms with Gasteiger partial charge in [0.05, 0.1) is 6.42 Å².